The third kappa shape index (κ3) is 5.31. The third-order valence-corrected chi connectivity index (χ3v) is 2.60. The quantitative estimate of drug-likeness (QED) is 0.516. The van der Waals surface area contributed by atoms with Gasteiger partial charge in [-0.25, -0.2) is 0 Å². The number of hydrogen-bond donors (Lipinski definition) is 0. The Morgan fingerprint density at radius 1 is 1.12 bits per heavy atom. The summed E-state index contributed by atoms with van der Waals surface area (Å²) in [4.78, 5) is 0. The van der Waals surface area contributed by atoms with E-state index < -0.39 is 0 Å². The summed E-state index contributed by atoms with van der Waals surface area (Å²) < 4.78 is 5.47. The predicted octanol–water partition coefficient (Wildman–Crippen LogP) is 3.56. The Hall–Kier alpha value is -0.830. The summed E-state index contributed by atoms with van der Waals surface area (Å²) >= 11 is 5.61. The van der Waals surface area contributed by atoms with Crippen LogP contribution in [0.1, 0.15) is 44.7 Å². The van der Waals surface area contributed by atoms with Crippen molar-refractivity contribution in [3.8, 4) is 5.88 Å². The summed E-state index contributed by atoms with van der Waals surface area (Å²) in [5.74, 6) is 0.981. The SMILES string of the molecule is CCCCCCCOc1ccc(CCl)nn1. The van der Waals surface area contributed by atoms with Crippen LogP contribution in [0.4, 0.5) is 0 Å². The Morgan fingerprint density at radius 3 is 2.56 bits per heavy atom. The van der Waals surface area contributed by atoms with E-state index in [9.17, 15) is 0 Å². The lowest BCUT2D eigenvalue weighted by Crippen LogP contribution is -2.00. The van der Waals surface area contributed by atoms with E-state index >= 15 is 0 Å². The van der Waals surface area contributed by atoms with E-state index in [4.69, 9.17) is 16.3 Å². The zero-order valence-corrected chi connectivity index (χ0v) is 10.5. The fourth-order valence-corrected chi connectivity index (χ4v) is 1.52. The molecule has 0 atom stereocenters. The van der Waals surface area contributed by atoms with Gasteiger partial charge in [-0.2, -0.15) is 5.10 Å². The Bertz CT molecular complexity index is 277. The molecule has 0 spiro atoms. The van der Waals surface area contributed by atoms with Gasteiger partial charge in [-0.05, 0) is 12.5 Å². The van der Waals surface area contributed by atoms with Crippen LogP contribution in [-0.4, -0.2) is 16.8 Å². The second kappa shape index (κ2) is 8.34. The molecule has 90 valence electrons. The molecule has 3 nitrogen and oxygen atoms in total. The molecule has 0 fully saturated rings. The summed E-state index contributed by atoms with van der Waals surface area (Å²) in [5, 5.41) is 7.85. The van der Waals surface area contributed by atoms with Gasteiger partial charge < -0.3 is 4.74 Å². The van der Waals surface area contributed by atoms with Gasteiger partial charge >= 0.3 is 0 Å². The van der Waals surface area contributed by atoms with Crippen molar-refractivity contribution in [2.75, 3.05) is 6.61 Å². The molecule has 0 unspecified atom stereocenters. The van der Waals surface area contributed by atoms with Crippen LogP contribution in [0, 0.1) is 0 Å². The van der Waals surface area contributed by atoms with Crippen LogP contribution < -0.4 is 4.74 Å². The summed E-state index contributed by atoms with van der Waals surface area (Å²) in [5.41, 5.74) is 0.775. The van der Waals surface area contributed by atoms with Gasteiger partial charge in [0, 0.05) is 6.07 Å². The summed E-state index contributed by atoms with van der Waals surface area (Å²) in [6.45, 7) is 2.93. The number of unbranched alkanes of at least 4 members (excludes halogenated alkanes) is 4. The first kappa shape index (κ1) is 13.2. The molecule has 16 heavy (non-hydrogen) atoms. The second-order valence-corrected chi connectivity index (χ2v) is 4.03. The van der Waals surface area contributed by atoms with Gasteiger partial charge in [-0.1, -0.05) is 32.6 Å². The van der Waals surface area contributed by atoms with Crippen LogP contribution in [0.25, 0.3) is 0 Å². The molecule has 0 bridgehead atoms. The number of ether oxygens (including phenoxy) is 1. The van der Waals surface area contributed by atoms with E-state index in [1.54, 1.807) is 0 Å². The summed E-state index contributed by atoms with van der Waals surface area (Å²) in [6.07, 6.45) is 6.17. The van der Waals surface area contributed by atoms with E-state index in [1.807, 2.05) is 12.1 Å². The molecule has 0 aromatic carbocycles. The lowest BCUT2D eigenvalue weighted by Gasteiger charge is -2.04. The van der Waals surface area contributed by atoms with Crippen molar-refractivity contribution in [3.63, 3.8) is 0 Å². The minimum atomic E-state index is 0.393. The van der Waals surface area contributed by atoms with Crippen molar-refractivity contribution in [3.05, 3.63) is 17.8 Å². The lowest BCUT2D eigenvalue weighted by molar-refractivity contribution is 0.290. The first-order valence-corrected chi connectivity index (χ1v) is 6.41. The first-order valence-electron chi connectivity index (χ1n) is 5.88. The molecule has 1 rings (SSSR count). The van der Waals surface area contributed by atoms with Gasteiger partial charge in [0.1, 0.15) is 0 Å². The lowest BCUT2D eigenvalue weighted by atomic mass is 10.2. The number of hydrogen-bond acceptors (Lipinski definition) is 3. The highest BCUT2D eigenvalue weighted by molar-refractivity contribution is 6.16. The average molecular weight is 243 g/mol. The number of rotatable bonds is 8. The van der Waals surface area contributed by atoms with Crippen LogP contribution in [0.3, 0.4) is 0 Å². The van der Waals surface area contributed by atoms with Gasteiger partial charge in [0.2, 0.25) is 5.88 Å². The molecule has 0 radical (unpaired) electrons. The van der Waals surface area contributed by atoms with Crippen molar-refractivity contribution in [2.45, 2.75) is 44.9 Å². The van der Waals surface area contributed by atoms with Gasteiger partial charge in [-0.15, -0.1) is 16.7 Å². The standard InChI is InChI=1S/C12H19ClN2O/c1-2-3-4-5-6-9-16-12-8-7-11(10-13)14-15-12/h7-8H,2-6,9-10H2,1H3. The largest absolute Gasteiger partial charge is 0.477 e. The number of aromatic nitrogens is 2. The highest BCUT2D eigenvalue weighted by Crippen LogP contribution is 2.08. The monoisotopic (exact) mass is 242 g/mol. The zero-order valence-electron chi connectivity index (χ0n) is 9.79. The second-order valence-electron chi connectivity index (χ2n) is 3.76. The number of alkyl halides is 1. The molecular weight excluding hydrogens is 224 g/mol. The maximum atomic E-state index is 5.61. The molecule has 1 heterocycles. The van der Waals surface area contributed by atoms with Crippen LogP contribution in [0.5, 0.6) is 5.88 Å². The van der Waals surface area contributed by atoms with Gasteiger partial charge in [0.05, 0.1) is 18.2 Å². The van der Waals surface area contributed by atoms with E-state index in [-0.39, 0.29) is 0 Å². The zero-order chi connectivity index (χ0) is 11.6. The highest BCUT2D eigenvalue weighted by atomic mass is 35.5. The van der Waals surface area contributed by atoms with Crippen LogP contribution in [0.2, 0.25) is 0 Å². The van der Waals surface area contributed by atoms with Crippen LogP contribution >= 0.6 is 11.6 Å². The molecule has 0 saturated heterocycles. The maximum Gasteiger partial charge on any atom is 0.233 e. The van der Waals surface area contributed by atoms with E-state index in [1.165, 1.54) is 25.7 Å². The summed E-state index contributed by atoms with van der Waals surface area (Å²) in [7, 11) is 0. The van der Waals surface area contributed by atoms with Crippen LogP contribution in [0.15, 0.2) is 12.1 Å². The van der Waals surface area contributed by atoms with Crippen molar-refractivity contribution < 1.29 is 4.74 Å². The molecule has 0 aliphatic carbocycles. The Balaban J connectivity index is 2.12. The maximum absolute atomic E-state index is 5.61. The Kier molecular flexibility index (Phi) is 6.90. The smallest absolute Gasteiger partial charge is 0.233 e. The molecule has 0 saturated carbocycles. The molecule has 1 aromatic rings. The normalized spacial score (nSPS) is 10.4. The van der Waals surface area contributed by atoms with E-state index in [2.05, 4.69) is 17.1 Å². The van der Waals surface area contributed by atoms with Gasteiger partial charge in [0.25, 0.3) is 0 Å². The fourth-order valence-electron chi connectivity index (χ4n) is 1.38. The van der Waals surface area contributed by atoms with Crippen molar-refractivity contribution in [2.24, 2.45) is 0 Å². The predicted molar refractivity (Wildman–Crippen MR) is 65.8 cm³/mol. The molecule has 0 amide bonds. The molecular formula is C12H19ClN2O. The molecule has 4 heteroatoms. The summed E-state index contributed by atoms with van der Waals surface area (Å²) in [6, 6.07) is 3.66. The third-order valence-electron chi connectivity index (χ3n) is 2.33. The topological polar surface area (TPSA) is 35.0 Å². The van der Waals surface area contributed by atoms with Crippen LogP contribution in [-0.2, 0) is 5.88 Å². The number of nitrogens with zero attached hydrogens (tertiary/aromatic N) is 2. The van der Waals surface area contributed by atoms with E-state index in [0.29, 0.717) is 11.8 Å². The van der Waals surface area contributed by atoms with Crippen molar-refractivity contribution in [1.82, 2.24) is 10.2 Å². The fraction of sp³-hybridized carbons (Fsp3) is 0.667. The molecule has 0 aliphatic rings. The first-order chi connectivity index (χ1) is 7.86. The van der Waals surface area contributed by atoms with Gasteiger partial charge in [0.15, 0.2) is 0 Å². The minimum Gasteiger partial charge on any atom is -0.477 e. The Morgan fingerprint density at radius 2 is 1.94 bits per heavy atom. The van der Waals surface area contributed by atoms with Crippen molar-refractivity contribution in [1.29, 1.82) is 0 Å². The molecule has 1 aromatic heterocycles. The highest BCUT2D eigenvalue weighted by Gasteiger charge is 1.97. The van der Waals surface area contributed by atoms with Crippen molar-refractivity contribution >= 4 is 11.6 Å². The average Bonchev–Trinajstić information content (AvgIpc) is 2.34. The minimum absolute atomic E-state index is 0.393. The molecule has 0 N–H and O–H groups in total. The van der Waals surface area contributed by atoms with Gasteiger partial charge in [-0.3, -0.25) is 0 Å². The molecule has 0 aliphatic heterocycles. The Labute approximate surface area is 102 Å². The van der Waals surface area contributed by atoms with E-state index in [0.717, 1.165) is 18.7 Å². The number of halogens is 1.